The van der Waals surface area contributed by atoms with Gasteiger partial charge in [-0.05, 0) is 34.1 Å². The third-order valence-corrected chi connectivity index (χ3v) is 3.31. The van der Waals surface area contributed by atoms with Crippen molar-refractivity contribution < 1.29 is 4.79 Å². The molecule has 0 saturated heterocycles. The van der Waals surface area contributed by atoms with Crippen molar-refractivity contribution in [2.45, 2.75) is 59.5 Å². The van der Waals surface area contributed by atoms with E-state index in [1.165, 1.54) is 0 Å². The van der Waals surface area contributed by atoms with E-state index in [2.05, 4.69) is 38.1 Å². The summed E-state index contributed by atoms with van der Waals surface area (Å²) in [6.45, 7) is 11.3. The average Bonchev–Trinajstić information content (AvgIpc) is 2.79. The molecule has 1 aromatic heterocycles. The third kappa shape index (κ3) is 9.61. The zero-order chi connectivity index (χ0) is 18.2. The highest BCUT2D eigenvalue weighted by Crippen LogP contribution is 1.99. The first-order chi connectivity index (χ1) is 11.2. The molecule has 0 spiro atoms. The lowest BCUT2D eigenvalue weighted by Crippen LogP contribution is -2.48. The van der Waals surface area contributed by atoms with E-state index in [0.29, 0.717) is 12.5 Å². The van der Waals surface area contributed by atoms with Crippen molar-refractivity contribution >= 4 is 35.8 Å². The topological polar surface area (TPSA) is 96.2 Å². The number of amides is 1. The van der Waals surface area contributed by atoms with Gasteiger partial charge in [-0.25, -0.2) is 4.99 Å². The molecule has 0 unspecified atom stereocenters. The van der Waals surface area contributed by atoms with Gasteiger partial charge in [-0.2, -0.15) is 0 Å². The molecule has 0 aromatic carbocycles. The van der Waals surface area contributed by atoms with Crippen LogP contribution in [0, 0.1) is 6.92 Å². The van der Waals surface area contributed by atoms with Gasteiger partial charge in [0.05, 0.1) is 6.54 Å². The summed E-state index contributed by atoms with van der Waals surface area (Å²) in [4.78, 5) is 16.4. The van der Waals surface area contributed by atoms with Crippen LogP contribution in [0.2, 0.25) is 0 Å². The number of hydrogen-bond donors (Lipinski definition) is 3. The van der Waals surface area contributed by atoms with Crippen LogP contribution in [0.25, 0.3) is 0 Å². The normalized spacial score (nSPS) is 11.7. The molecule has 8 nitrogen and oxygen atoms in total. The summed E-state index contributed by atoms with van der Waals surface area (Å²) in [7, 11) is 1.91. The van der Waals surface area contributed by atoms with Gasteiger partial charge in [0, 0.05) is 19.1 Å². The number of aromatic nitrogens is 3. The lowest BCUT2D eigenvalue weighted by molar-refractivity contribution is -0.121. The summed E-state index contributed by atoms with van der Waals surface area (Å²) in [6.07, 6.45) is 2.13. The summed E-state index contributed by atoms with van der Waals surface area (Å²) in [5, 5.41) is 17.3. The smallest absolute Gasteiger partial charge is 0.239 e. The van der Waals surface area contributed by atoms with E-state index in [1.54, 1.807) is 0 Å². The molecule has 9 heteroatoms. The molecule has 0 aliphatic heterocycles. The molecule has 1 rings (SSSR count). The highest BCUT2D eigenvalue weighted by Gasteiger charge is 2.14. The fourth-order valence-electron chi connectivity index (χ4n) is 1.92. The molecule has 3 N–H and O–H groups in total. The minimum Gasteiger partial charge on any atom is -0.356 e. The Balaban J connectivity index is 0.00000576. The number of nitrogens with one attached hydrogen (secondary N) is 3. The van der Waals surface area contributed by atoms with Crippen LogP contribution in [-0.2, 0) is 18.4 Å². The Hall–Kier alpha value is -1.39. The molecule has 0 saturated carbocycles. The molecule has 0 bridgehead atoms. The Morgan fingerprint density at radius 2 is 1.92 bits per heavy atom. The number of hydrogen-bond acceptors (Lipinski definition) is 4. The monoisotopic (exact) mass is 465 g/mol. The maximum absolute atomic E-state index is 11.9. The van der Waals surface area contributed by atoms with Crippen LogP contribution in [0.3, 0.4) is 0 Å². The third-order valence-electron chi connectivity index (χ3n) is 3.31. The summed E-state index contributed by atoms with van der Waals surface area (Å²) < 4.78 is 1.90. The fourth-order valence-corrected chi connectivity index (χ4v) is 1.92. The Bertz CT molecular complexity index is 563. The standard InChI is InChI=1S/C16H31N7O.HI/c1-7-8-9-17-15(19-11-14(24)20-16(3,4)5)18-10-13-22-21-12(2)23(13)6;/h7-11H2,1-6H3,(H,20,24)(H2,17,18,19);1H. The van der Waals surface area contributed by atoms with E-state index < -0.39 is 0 Å². The molecule has 0 aliphatic carbocycles. The van der Waals surface area contributed by atoms with Crippen LogP contribution in [0.1, 0.15) is 52.2 Å². The predicted molar refractivity (Wildman–Crippen MR) is 111 cm³/mol. The summed E-state index contributed by atoms with van der Waals surface area (Å²) in [5.74, 6) is 2.16. The Kier molecular flexibility index (Phi) is 10.6. The molecule has 1 amide bonds. The second-order valence-corrected chi connectivity index (χ2v) is 6.82. The Morgan fingerprint density at radius 1 is 1.24 bits per heavy atom. The van der Waals surface area contributed by atoms with Gasteiger partial charge in [0.15, 0.2) is 11.8 Å². The van der Waals surface area contributed by atoms with Crippen molar-refractivity contribution in [3.63, 3.8) is 0 Å². The highest BCUT2D eigenvalue weighted by molar-refractivity contribution is 14.0. The van der Waals surface area contributed by atoms with E-state index in [-0.39, 0.29) is 42.0 Å². The van der Waals surface area contributed by atoms with Gasteiger partial charge < -0.3 is 20.5 Å². The van der Waals surface area contributed by atoms with Crippen LogP contribution in [0.5, 0.6) is 0 Å². The molecule has 1 heterocycles. The van der Waals surface area contributed by atoms with Crippen LogP contribution in [-0.4, -0.2) is 45.3 Å². The van der Waals surface area contributed by atoms with E-state index in [4.69, 9.17) is 0 Å². The zero-order valence-corrected chi connectivity index (χ0v) is 18.5. The Morgan fingerprint density at radius 3 is 2.44 bits per heavy atom. The molecule has 0 radical (unpaired) electrons. The molecule has 0 fully saturated rings. The second kappa shape index (κ2) is 11.3. The van der Waals surface area contributed by atoms with Crippen molar-refractivity contribution in [2.75, 3.05) is 13.1 Å². The maximum atomic E-state index is 11.9. The van der Waals surface area contributed by atoms with Crippen molar-refractivity contribution in [3.8, 4) is 0 Å². The van der Waals surface area contributed by atoms with Crippen molar-refractivity contribution in [1.82, 2.24) is 30.7 Å². The van der Waals surface area contributed by atoms with Gasteiger partial charge in [-0.15, -0.1) is 34.2 Å². The quantitative estimate of drug-likeness (QED) is 0.246. The lowest BCUT2D eigenvalue weighted by atomic mass is 10.1. The van der Waals surface area contributed by atoms with Crippen molar-refractivity contribution in [1.29, 1.82) is 0 Å². The number of carbonyl (C=O) groups is 1. The van der Waals surface area contributed by atoms with Gasteiger partial charge in [-0.3, -0.25) is 4.79 Å². The van der Waals surface area contributed by atoms with Crippen LogP contribution in [0.15, 0.2) is 4.99 Å². The number of aliphatic imine (C=N–C) groups is 1. The average molecular weight is 465 g/mol. The summed E-state index contributed by atoms with van der Waals surface area (Å²) in [6, 6.07) is 0. The molecule has 144 valence electrons. The number of guanidine groups is 1. The summed E-state index contributed by atoms with van der Waals surface area (Å²) >= 11 is 0. The first-order valence-corrected chi connectivity index (χ1v) is 8.41. The molecule has 0 atom stereocenters. The number of nitrogens with zero attached hydrogens (tertiary/aromatic N) is 4. The van der Waals surface area contributed by atoms with Crippen LogP contribution < -0.4 is 16.0 Å². The molecule has 25 heavy (non-hydrogen) atoms. The first-order valence-electron chi connectivity index (χ1n) is 8.41. The van der Waals surface area contributed by atoms with E-state index in [0.717, 1.165) is 31.0 Å². The lowest BCUT2D eigenvalue weighted by Gasteiger charge is -2.21. The minimum absolute atomic E-state index is 0. The van der Waals surface area contributed by atoms with Crippen molar-refractivity contribution in [3.05, 3.63) is 11.6 Å². The SMILES string of the molecule is CCCCNC(=NCc1nnc(C)n1C)NCC(=O)NC(C)(C)C.I. The largest absolute Gasteiger partial charge is 0.356 e. The predicted octanol–water partition coefficient (Wildman–Crippen LogP) is 1.49. The number of carbonyl (C=O) groups excluding carboxylic acids is 1. The van der Waals surface area contributed by atoms with Gasteiger partial charge in [0.25, 0.3) is 0 Å². The van der Waals surface area contributed by atoms with Gasteiger partial charge in [0.2, 0.25) is 5.91 Å². The number of rotatable bonds is 7. The van der Waals surface area contributed by atoms with Crippen LogP contribution >= 0.6 is 24.0 Å². The molecule has 1 aromatic rings. The van der Waals surface area contributed by atoms with Gasteiger partial charge >= 0.3 is 0 Å². The zero-order valence-electron chi connectivity index (χ0n) is 16.1. The number of unbranched alkanes of at least 4 members (excludes halogenated alkanes) is 1. The Labute approximate surface area is 167 Å². The van der Waals surface area contributed by atoms with E-state index in [9.17, 15) is 4.79 Å². The summed E-state index contributed by atoms with van der Waals surface area (Å²) in [5.41, 5.74) is -0.248. The fraction of sp³-hybridized carbons (Fsp3) is 0.750. The number of halogens is 1. The number of aryl methyl sites for hydroxylation is 1. The minimum atomic E-state index is -0.248. The highest BCUT2D eigenvalue weighted by atomic mass is 127. The molecular formula is C16H32IN7O. The van der Waals surface area contributed by atoms with E-state index in [1.807, 2.05) is 39.3 Å². The molecule has 0 aliphatic rings. The maximum Gasteiger partial charge on any atom is 0.239 e. The van der Waals surface area contributed by atoms with Crippen molar-refractivity contribution in [2.24, 2.45) is 12.0 Å². The van der Waals surface area contributed by atoms with E-state index >= 15 is 0 Å². The van der Waals surface area contributed by atoms with Gasteiger partial charge in [-0.1, -0.05) is 13.3 Å². The van der Waals surface area contributed by atoms with Gasteiger partial charge in [0.1, 0.15) is 12.4 Å². The first kappa shape index (κ1) is 23.6. The second-order valence-electron chi connectivity index (χ2n) is 6.82. The molecular weight excluding hydrogens is 433 g/mol. The van der Waals surface area contributed by atoms with Crippen LogP contribution in [0.4, 0.5) is 0 Å².